The molecule has 0 unspecified atom stereocenters. The number of alkyl halides is 1. The first kappa shape index (κ1) is 12.9. The molecule has 0 saturated heterocycles. The Morgan fingerprint density at radius 3 is 2.33 bits per heavy atom. The number of sulfone groups is 1. The van der Waals surface area contributed by atoms with Gasteiger partial charge in [-0.15, -0.1) is 0 Å². The van der Waals surface area contributed by atoms with Crippen LogP contribution < -0.4 is 0 Å². The number of aliphatic hydroxyl groups excluding tert-OH is 1. The van der Waals surface area contributed by atoms with Gasteiger partial charge < -0.3 is 5.11 Å². The van der Waals surface area contributed by atoms with Crippen molar-refractivity contribution in [3.63, 3.8) is 0 Å². The van der Waals surface area contributed by atoms with Crippen molar-refractivity contribution in [2.24, 2.45) is 0 Å². The SMILES string of the molecule is CCS(=O)(=O)[C@H](I)[C@@H](O)c1ccccc1. The van der Waals surface area contributed by atoms with Gasteiger partial charge in [-0.2, -0.15) is 0 Å². The van der Waals surface area contributed by atoms with Crippen molar-refractivity contribution in [1.29, 1.82) is 0 Å². The first-order chi connectivity index (χ1) is 6.99. The van der Waals surface area contributed by atoms with E-state index < -0.39 is 19.2 Å². The second kappa shape index (κ2) is 5.27. The molecule has 0 fully saturated rings. The molecule has 0 spiro atoms. The van der Waals surface area contributed by atoms with E-state index in [9.17, 15) is 13.5 Å². The minimum atomic E-state index is -3.21. The highest BCUT2D eigenvalue weighted by Crippen LogP contribution is 2.27. The highest BCUT2D eigenvalue weighted by atomic mass is 127. The molecule has 0 saturated carbocycles. The summed E-state index contributed by atoms with van der Waals surface area (Å²) >= 11 is 1.78. The summed E-state index contributed by atoms with van der Waals surface area (Å²) in [5.41, 5.74) is 0.633. The molecule has 0 amide bonds. The second-order valence-electron chi connectivity index (χ2n) is 3.16. The topological polar surface area (TPSA) is 54.4 Å². The number of hydrogen-bond donors (Lipinski definition) is 1. The molecule has 15 heavy (non-hydrogen) atoms. The van der Waals surface area contributed by atoms with Crippen LogP contribution in [0, 0.1) is 0 Å². The minimum absolute atomic E-state index is 0.0461. The van der Waals surface area contributed by atoms with Gasteiger partial charge in [0.1, 0.15) is 9.36 Å². The smallest absolute Gasteiger partial charge is 0.164 e. The Morgan fingerprint density at radius 1 is 1.33 bits per heavy atom. The average Bonchev–Trinajstić information content (AvgIpc) is 2.28. The van der Waals surface area contributed by atoms with Crippen LogP contribution in [0.2, 0.25) is 0 Å². The third-order valence-corrected chi connectivity index (χ3v) is 6.89. The fourth-order valence-corrected chi connectivity index (χ4v) is 3.52. The molecule has 0 aliphatic carbocycles. The Labute approximate surface area is 104 Å². The standard InChI is InChI=1S/C10H13IO3S/c1-2-15(13,14)10(11)9(12)8-6-4-3-5-7-8/h3-7,9-10,12H,2H2,1H3/t9-,10-/m0/s1. The van der Waals surface area contributed by atoms with Gasteiger partial charge in [-0.1, -0.05) is 59.8 Å². The maximum absolute atomic E-state index is 11.5. The van der Waals surface area contributed by atoms with E-state index in [4.69, 9.17) is 0 Å². The number of aliphatic hydroxyl groups is 1. The molecule has 3 nitrogen and oxygen atoms in total. The molecular formula is C10H13IO3S. The Hall–Kier alpha value is -0.140. The summed E-state index contributed by atoms with van der Waals surface area (Å²) in [6.45, 7) is 1.58. The van der Waals surface area contributed by atoms with Crippen LogP contribution in [0.1, 0.15) is 18.6 Å². The van der Waals surface area contributed by atoms with Gasteiger partial charge in [-0.05, 0) is 5.56 Å². The molecule has 0 aromatic heterocycles. The fourth-order valence-electron chi connectivity index (χ4n) is 1.16. The van der Waals surface area contributed by atoms with Crippen LogP contribution in [0.25, 0.3) is 0 Å². The predicted molar refractivity (Wildman–Crippen MR) is 68.7 cm³/mol. The molecule has 1 aromatic rings. The summed E-state index contributed by atoms with van der Waals surface area (Å²) in [6.07, 6.45) is -0.961. The van der Waals surface area contributed by atoms with E-state index >= 15 is 0 Å². The summed E-state index contributed by atoms with van der Waals surface area (Å²) in [4.78, 5) is 0. The molecular weight excluding hydrogens is 327 g/mol. The molecule has 0 aliphatic rings. The summed E-state index contributed by atoms with van der Waals surface area (Å²) in [5, 5.41) is 9.87. The maximum Gasteiger partial charge on any atom is 0.164 e. The Balaban J connectivity index is 2.92. The highest BCUT2D eigenvalue weighted by Gasteiger charge is 2.29. The Morgan fingerprint density at radius 2 is 1.87 bits per heavy atom. The van der Waals surface area contributed by atoms with Crippen molar-refractivity contribution in [3.05, 3.63) is 35.9 Å². The summed E-state index contributed by atoms with van der Waals surface area (Å²) < 4.78 is 22.3. The zero-order valence-electron chi connectivity index (χ0n) is 8.30. The van der Waals surface area contributed by atoms with E-state index in [1.807, 2.05) is 6.07 Å². The van der Waals surface area contributed by atoms with Gasteiger partial charge in [0.2, 0.25) is 0 Å². The Bertz CT molecular complexity index is 402. The average molecular weight is 340 g/mol. The lowest BCUT2D eigenvalue weighted by Gasteiger charge is -2.17. The molecule has 0 aliphatic heterocycles. The van der Waals surface area contributed by atoms with Crippen molar-refractivity contribution in [3.8, 4) is 0 Å². The monoisotopic (exact) mass is 340 g/mol. The van der Waals surface area contributed by atoms with Gasteiger partial charge in [-0.25, -0.2) is 8.42 Å². The van der Waals surface area contributed by atoms with E-state index in [1.165, 1.54) is 0 Å². The Kier molecular flexibility index (Phi) is 4.54. The number of hydrogen-bond acceptors (Lipinski definition) is 3. The maximum atomic E-state index is 11.5. The van der Waals surface area contributed by atoms with Crippen molar-refractivity contribution in [2.45, 2.75) is 16.3 Å². The van der Waals surface area contributed by atoms with E-state index in [1.54, 1.807) is 53.8 Å². The molecule has 1 N–H and O–H groups in total. The molecule has 1 aromatic carbocycles. The fraction of sp³-hybridized carbons (Fsp3) is 0.400. The summed E-state index contributed by atoms with van der Waals surface area (Å²) in [7, 11) is -3.21. The molecule has 5 heteroatoms. The van der Waals surface area contributed by atoms with Crippen LogP contribution in [0.15, 0.2) is 30.3 Å². The quantitative estimate of drug-likeness (QED) is 0.673. The van der Waals surface area contributed by atoms with Crippen LogP contribution in [-0.4, -0.2) is 22.5 Å². The van der Waals surface area contributed by atoms with Crippen molar-refractivity contribution >= 4 is 32.4 Å². The van der Waals surface area contributed by atoms with Crippen LogP contribution in [0.5, 0.6) is 0 Å². The first-order valence-corrected chi connectivity index (χ1v) is 7.53. The van der Waals surface area contributed by atoms with Gasteiger partial charge in [0.15, 0.2) is 9.84 Å². The zero-order valence-corrected chi connectivity index (χ0v) is 11.3. The lowest BCUT2D eigenvalue weighted by molar-refractivity contribution is 0.197. The van der Waals surface area contributed by atoms with Gasteiger partial charge in [0, 0.05) is 5.75 Å². The minimum Gasteiger partial charge on any atom is -0.386 e. The molecule has 0 bridgehead atoms. The van der Waals surface area contributed by atoms with E-state index in [0.29, 0.717) is 5.56 Å². The second-order valence-corrected chi connectivity index (χ2v) is 7.76. The highest BCUT2D eigenvalue weighted by molar-refractivity contribution is 14.1. The van der Waals surface area contributed by atoms with Gasteiger partial charge in [0.05, 0.1) is 0 Å². The number of halogens is 1. The molecule has 84 valence electrons. The lowest BCUT2D eigenvalue weighted by atomic mass is 10.1. The molecule has 2 atom stereocenters. The normalized spacial score (nSPS) is 15.9. The molecule has 0 radical (unpaired) electrons. The van der Waals surface area contributed by atoms with E-state index in [-0.39, 0.29) is 5.75 Å². The number of rotatable bonds is 4. The summed E-state index contributed by atoms with van der Waals surface area (Å²) in [5.74, 6) is 0.0461. The third kappa shape index (κ3) is 3.15. The van der Waals surface area contributed by atoms with Crippen LogP contribution >= 0.6 is 22.6 Å². The summed E-state index contributed by atoms with van der Waals surface area (Å²) in [6, 6.07) is 8.83. The largest absolute Gasteiger partial charge is 0.386 e. The third-order valence-electron chi connectivity index (χ3n) is 2.13. The van der Waals surface area contributed by atoms with Crippen molar-refractivity contribution in [1.82, 2.24) is 0 Å². The van der Waals surface area contributed by atoms with Crippen LogP contribution in [0.4, 0.5) is 0 Å². The van der Waals surface area contributed by atoms with Gasteiger partial charge in [0.25, 0.3) is 0 Å². The number of benzene rings is 1. The molecule has 1 rings (SSSR count). The lowest BCUT2D eigenvalue weighted by Crippen LogP contribution is -2.24. The zero-order chi connectivity index (χ0) is 11.5. The van der Waals surface area contributed by atoms with Crippen molar-refractivity contribution < 1.29 is 13.5 Å². The van der Waals surface area contributed by atoms with Crippen LogP contribution in [-0.2, 0) is 9.84 Å². The predicted octanol–water partition coefficient (Wildman–Crippen LogP) is 1.92. The van der Waals surface area contributed by atoms with Gasteiger partial charge in [-0.3, -0.25) is 0 Å². The van der Waals surface area contributed by atoms with Crippen LogP contribution in [0.3, 0.4) is 0 Å². The first-order valence-electron chi connectivity index (χ1n) is 4.57. The van der Waals surface area contributed by atoms with E-state index in [0.717, 1.165) is 0 Å². The molecule has 0 heterocycles. The van der Waals surface area contributed by atoms with E-state index in [2.05, 4.69) is 0 Å². The van der Waals surface area contributed by atoms with Crippen molar-refractivity contribution in [2.75, 3.05) is 5.75 Å². The van der Waals surface area contributed by atoms with Gasteiger partial charge >= 0.3 is 0 Å².